The molecule has 3 N–H and O–H groups in total. The number of hydrogen-bond acceptors (Lipinski definition) is 9. The number of nitriles is 1. The number of rotatable bonds is 5. The van der Waals surface area contributed by atoms with Crippen LogP contribution in [0.25, 0.3) is 0 Å². The highest BCUT2D eigenvalue weighted by Gasteiger charge is 2.21. The van der Waals surface area contributed by atoms with E-state index >= 15 is 0 Å². The smallest absolute Gasteiger partial charge is 0.348 e. The van der Waals surface area contributed by atoms with E-state index in [-0.39, 0.29) is 33.8 Å². The molecule has 1 rings (SSSR count). The Balaban J connectivity index is 3.29. The fourth-order valence-electron chi connectivity index (χ4n) is 1.31. The molecule has 21 heavy (non-hydrogen) atoms. The van der Waals surface area contributed by atoms with Gasteiger partial charge in [-0.25, -0.2) is 14.8 Å². The molecule has 0 unspecified atom stereocenters. The summed E-state index contributed by atoms with van der Waals surface area (Å²) < 4.78 is 4.86. The second kappa shape index (κ2) is 7.75. The lowest BCUT2D eigenvalue weighted by atomic mass is 10.4. The molecule has 0 amide bonds. The average molecular weight is 326 g/mol. The Labute approximate surface area is 130 Å². The molecule has 0 atom stereocenters. The fourth-order valence-corrected chi connectivity index (χ4v) is 2.77. The van der Waals surface area contributed by atoms with Gasteiger partial charge >= 0.3 is 5.97 Å². The number of nitrogen functional groups attached to an aromatic ring is 1. The van der Waals surface area contributed by atoms with Crippen LogP contribution in [0.2, 0.25) is 0 Å². The molecule has 0 aromatic carbocycles. The number of carbonyl (C=O) groups is 1. The van der Waals surface area contributed by atoms with E-state index in [4.69, 9.17) is 10.5 Å². The van der Waals surface area contributed by atoms with Crippen LogP contribution in [0.4, 0.5) is 5.95 Å². The number of aliphatic hydroxyl groups is 1. The molecule has 7 nitrogen and oxygen atoms in total. The number of thioether (sulfide) groups is 2. The van der Waals surface area contributed by atoms with Crippen LogP contribution in [-0.2, 0) is 9.53 Å². The van der Waals surface area contributed by atoms with Crippen molar-refractivity contribution >= 4 is 35.4 Å². The van der Waals surface area contributed by atoms with Crippen molar-refractivity contribution in [2.45, 2.75) is 23.9 Å². The van der Waals surface area contributed by atoms with Gasteiger partial charge in [0.05, 0.1) is 6.61 Å². The van der Waals surface area contributed by atoms with Crippen molar-refractivity contribution in [1.29, 1.82) is 5.26 Å². The predicted molar refractivity (Wildman–Crippen MR) is 80.8 cm³/mol. The van der Waals surface area contributed by atoms with Crippen LogP contribution in [0, 0.1) is 11.3 Å². The third-order valence-electron chi connectivity index (χ3n) is 2.15. The van der Waals surface area contributed by atoms with Crippen molar-refractivity contribution in [3.05, 3.63) is 16.2 Å². The zero-order valence-corrected chi connectivity index (χ0v) is 13.3. The Bertz CT molecular complexity index is 622. The van der Waals surface area contributed by atoms with Crippen LogP contribution in [0.15, 0.2) is 20.7 Å². The fraction of sp³-hybridized carbons (Fsp3) is 0.333. The Morgan fingerprint density at radius 1 is 1.48 bits per heavy atom. The Morgan fingerprint density at radius 2 is 2.10 bits per heavy atom. The zero-order chi connectivity index (χ0) is 16.0. The molecule has 9 heteroatoms. The highest BCUT2D eigenvalue weighted by Crippen LogP contribution is 2.33. The van der Waals surface area contributed by atoms with Gasteiger partial charge in [0.15, 0.2) is 0 Å². The minimum Gasteiger partial charge on any atom is -0.511 e. The Hall–Kier alpha value is -1.92. The molecule has 1 heterocycles. The molecule has 0 aliphatic rings. The van der Waals surface area contributed by atoms with Crippen molar-refractivity contribution in [2.75, 3.05) is 18.6 Å². The first-order valence-electron chi connectivity index (χ1n) is 5.80. The summed E-state index contributed by atoms with van der Waals surface area (Å²) in [5.41, 5.74) is 5.79. The van der Waals surface area contributed by atoms with E-state index in [1.54, 1.807) is 13.2 Å². The van der Waals surface area contributed by atoms with Gasteiger partial charge in [-0.2, -0.15) is 5.26 Å². The summed E-state index contributed by atoms with van der Waals surface area (Å²) in [5.74, 6) is -0.917. The first kappa shape index (κ1) is 17.1. The molecule has 1 aromatic heterocycles. The molecule has 0 saturated heterocycles. The van der Waals surface area contributed by atoms with Gasteiger partial charge in [-0.1, -0.05) is 11.8 Å². The summed E-state index contributed by atoms with van der Waals surface area (Å²) >= 11 is 2.07. The van der Waals surface area contributed by atoms with Gasteiger partial charge in [0, 0.05) is 0 Å². The van der Waals surface area contributed by atoms with E-state index < -0.39 is 5.97 Å². The monoisotopic (exact) mass is 326 g/mol. The van der Waals surface area contributed by atoms with E-state index in [0.29, 0.717) is 5.03 Å². The number of nitrogens with two attached hydrogens (primary N) is 1. The van der Waals surface area contributed by atoms with Crippen molar-refractivity contribution in [3.8, 4) is 6.07 Å². The summed E-state index contributed by atoms with van der Waals surface area (Å²) in [5, 5.41) is 19.5. The second-order valence-electron chi connectivity index (χ2n) is 3.62. The van der Waals surface area contributed by atoms with Crippen molar-refractivity contribution in [3.63, 3.8) is 0 Å². The third kappa shape index (κ3) is 4.27. The van der Waals surface area contributed by atoms with Crippen LogP contribution in [0.5, 0.6) is 0 Å². The largest absolute Gasteiger partial charge is 0.511 e. The van der Waals surface area contributed by atoms with Gasteiger partial charge in [0.25, 0.3) is 0 Å². The van der Waals surface area contributed by atoms with Crippen LogP contribution < -0.4 is 5.73 Å². The number of ether oxygens (including phenoxy) is 1. The normalized spacial score (nSPS) is 11.5. The SMILES string of the molecule is CCOC(=O)C(Sc1nc(N)nc(SC)c1C#N)=C(C)O. The lowest BCUT2D eigenvalue weighted by Crippen LogP contribution is -2.09. The second-order valence-corrected chi connectivity index (χ2v) is 5.41. The zero-order valence-electron chi connectivity index (χ0n) is 11.7. The van der Waals surface area contributed by atoms with E-state index in [1.165, 1.54) is 18.7 Å². The Morgan fingerprint density at radius 3 is 2.57 bits per heavy atom. The molecule has 0 fully saturated rings. The Kier molecular flexibility index (Phi) is 6.33. The number of anilines is 1. The van der Waals surface area contributed by atoms with Crippen molar-refractivity contribution < 1.29 is 14.6 Å². The van der Waals surface area contributed by atoms with Crippen LogP contribution in [0.1, 0.15) is 19.4 Å². The van der Waals surface area contributed by atoms with Gasteiger partial charge in [0.1, 0.15) is 32.3 Å². The highest BCUT2D eigenvalue weighted by atomic mass is 32.2. The van der Waals surface area contributed by atoms with Gasteiger partial charge in [-0.05, 0) is 20.1 Å². The van der Waals surface area contributed by atoms with Crippen LogP contribution in [0.3, 0.4) is 0 Å². The number of allylic oxidation sites excluding steroid dienone is 1. The van der Waals surface area contributed by atoms with E-state index in [9.17, 15) is 15.2 Å². The van der Waals surface area contributed by atoms with Gasteiger partial charge < -0.3 is 15.6 Å². The molecule has 112 valence electrons. The first-order valence-corrected chi connectivity index (χ1v) is 7.85. The maximum Gasteiger partial charge on any atom is 0.348 e. The first-order chi connectivity index (χ1) is 9.94. The molecular weight excluding hydrogens is 312 g/mol. The number of hydrogen-bond donors (Lipinski definition) is 2. The molecular formula is C12H14N4O3S2. The van der Waals surface area contributed by atoms with Crippen molar-refractivity contribution in [2.24, 2.45) is 0 Å². The molecule has 0 bridgehead atoms. The summed E-state index contributed by atoms with van der Waals surface area (Å²) in [6, 6.07) is 1.98. The molecule has 0 aliphatic heterocycles. The molecule has 0 radical (unpaired) electrons. The maximum atomic E-state index is 11.8. The minimum atomic E-state index is -0.686. The summed E-state index contributed by atoms with van der Waals surface area (Å²) in [6.07, 6.45) is 1.75. The number of esters is 1. The third-order valence-corrected chi connectivity index (χ3v) is 3.99. The predicted octanol–water partition coefficient (Wildman–Crippen LogP) is 2.10. The average Bonchev–Trinajstić information content (AvgIpc) is 2.43. The number of aliphatic hydroxyl groups excluding tert-OH is 1. The number of aromatic nitrogens is 2. The molecule has 0 saturated carbocycles. The summed E-state index contributed by atoms with van der Waals surface area (Å²) in [4.78, 5) is 19.7. The standard InChI is InChI=1S/C12H14N4O3S2/c1-4-19-11(18)8(6(2)17)21-10-7(5-13)9(20-3)15-12(14)16-10/h17H,4H2,1-3H3,(H2,14,15,16). The molecule has 1 aromatic rings. The van der Waals surface area contributed by atoms with Gasteiger partial charge in [-0.15, -0.1) is 11.8 Å². The number of carbonyl (C=O) groups excluding carboxylic acids is 1. The topological polar surface area (TPSA) is 122 Å². The summed E-state index contributed by atoms with van der Waals surface area (Å²) in [7, 11) is 0. The summed E-state index contributed by atoms with van der Waals surface area (Å²) in [6.45, 7) is 3.18. The molecule has 0 spiro atoms. The van der Waals surface area contributed by atoms with Crippen LogP contribution in [-0.4, -0.2) is 33.9 Å². The maximum absolute atomic E-state index is 11.8. The van der Waals surface area contributed by atoms with Crippen molar-refractivity contribution in [1.82, 2.24) is 9.97 Å². The minimum absolute atomic E-state index is 0.0142. The van der Waals surface area contributed by atoms with Gasteiger partial charge in [-0.3, -0.25) is 0 Å². The number of nitrogens with zero attached hydrogens (tertiary/aromatic N) is 3. The van der Waals surface area contributed by atoms with E-state index in [0.717, 1.165) is 11.8 Å². The quantitative estimate of drug-likeness (QED) is 0.275. The molecule has 0 aliphatic carbocycles. The lowest BCUT2D eigenvalue weighted by molar-refractivity contribution is -0.137. The van der Waals surface area contributed by atoms with E-state index in [1.807, 2.05) is 6.07 Å². The van der Waals surface area contributed by atoms with Gasteiger partial charge in [0.2, 0.25) is 5.95 Å². The lowest BCUT2D eigenvalue weighted by Gasteiger charge is -2.10. The van der Waals surface area contributed by atoms with Crippen LogP contribution >= 0.6 is 23.5 Å². The van der Waals surface area contributed by atoms with E-state index in [2.05, 4.69) is 9.97 Å². The highest BCUT2D eigenvalue weighted by molar-refractivity contribution is 8.04.